The number of hydrogen-bond donors (Lipinski definition) is 0. The highest BCUT2D eigenvalue weighted by molar-refractivity contribution is 7.39. The molecule has 104 valence electrons. The van der Waals surface area contributed by atoms with E-state index in [9.17, 15) is 0 Å². The smallest absolute Gasteiger partial charge is 0.0265 e. The number of hydrogen-bond acceptors (Lipinski definition) is 0. The van der Waals surface area contributed by atoms with Crippen LogP contribution in [0.4, 0.5) is 0 Å². The van der Waals surface area contributed by atoms with E-state index in [-0.39, 0.29) is 0 Å². The van der Waals surface area contributed by atoms with Gasteiger partial charge in [0.2, 0.25) is 0 Å². The molecule has 0 saturated heterocycles. The molecule has 0 amide bonds. The van der Waals surface area contributed by atoms with E-state index in [2.05, 4.69) is 27.7 Å². The summed E-state index contributed by atoms with van der Waals surface area (Å²) in [6.45, 7) is 9.46. The Morgan fingerprint density at radius 2 is 1.12 bits per heavy atom. The first-order valence-electron chi connectivity index (χ1n) is 7.67. The van der Waals surface area contributed by atoms with E-state index in [4.69, 9.17) is 0 Å². The van der Waals surface area contributed by atoms with Crippen LogP contribution in [0, 0.1) is 0 Å². The van der Waals surface area contributed by atoms with Crippen molar-refractivity contribution < 1.29 is 0 Å². The molecular weight excluding hydrogens is 242 g/mol. The highest BCUT2D eigenvalue weighted by Gasteiger charge is 2.01. The monoisotopic (exact) mass is 276 g/mol. The Hall–Kier alpha value is 0.860. The molecule has 0 bridgehead atoms. The summed E-state index contributed by atoms with van der Waals surface area (Å²) in [4.78, 5) is 0. The lowest BCUT2D eigenvalue weighted by Crippen LogP contribution is -1.95. The quantitative estimate of drug-likeness (QED) is 0.308. The first-order valence-corrected chi connectivity index (χ1v) is 10.2. The summed E-state index contributed by atoms with van der Waals surface area (Å²) in [7, 11) is 2.44. The van der Waals surface area contributed by atoms with Gasteiger partial charge in [0.05, 0.1) is 0 Å². The molecular formula is C15H34P2. The molecule has 4 unspecified atom stereocenters. The molecule has 0 nitrogen and oxygen atoms in total. The van der Waals surface area contributed by atoms with E-state index in [1.54, 1.807) is 0 Å². The third-order valence-corrected chi connectivity index (χ3v) is 6.54. The zero-order chi connectivity index (χ0) is 12.9. The maximum Gasteiger partial charge on any atom is -0.0265 e. The van der Waals surface area contributed by atoms with Gasteiger partial charge in [0.15, 0.2) is 0 Å². The SMILES string of the molecule is CCCC(C)PCCCCCPC(C)CCC. The summed E-state index contributed by atoms with van der Waals surface area (Å²) in [5.41, 5.74) is 1.98. The predicted molar refractivity (Wildman–Crippen MR) is 89.0 cm³/mol. The van der Waals surface area contributed by atoms with Crippen LogP contribution in [0.25, 0.3) is 0 Å². The maximum absolute atomic E-state index is 2.43. The minimum Gasteiger partial charge on any atom is -0.119 e. The molecule has 17 heavy (non-hydrogen) atoms. The second-order valence-corrected chi connectivity index (χ2v) is 9.14. The van der Waals surface area contributed by atoms with Gasteiger partial charge in [-0.3, -0.25) is 0 Å². The molecule has 0 aliphatic heterocycles. The summed E-state index contributed by atoms with van der Waals surface area (Å²) < 4.78 is 0. The van der Waals surface area contributed by atoms with Gasteiger partial charge in [-0.05, 0) is 49.3 Å². The first kappa shape index (κ1) is 17.9. The molecule has 0 rings (SSSR count). The molecule has 0 fully saturated rings. The molecule has 0 aromatic carbocycles. The third kappa shape index (κ3) is 13.1. The molecule has 0 N–H and O–H groups in total. The average Bonchev–Trinajstić information content (AvgIpc) is 2.28. The van der Waals surface area contributed by atoms with Crippen LogP contribution < -0.4 is 0 Å². The second kappa shape index (κ2) is 13.3. The molecule has 0 radical (unpaired) electrons. The van der Waals surface area contributed by atoms with Gasteiger partial charge in [-0.25, -0.2) is 0 Å². The van der Waals surface area contributed by atoms with E-state index < -0.39 is 0 Å². The Bertz CT molecular complexity index is 132. The normalized spacial score (nSPS) is 16.2. The fourth-order valence-corrected chi connectivity index (χ4v) is 5.07. The topological polar surface area (TPSA) is 0 Å². The second-order valence-electron chi connectivity index (χ2n) is 5.35. The van der Waals surface area contributed by atoms with Gasteiger partial charge >= 0.3 is 0 Å². The lowest BCUT2D eigenvalue weighted by Gasteiger charge is -2.11. The van der Waals surface area contributed by atoms with Crippen LogP contribution in [-0.2, 0) is 0 Å². The third-order valence-electron chi connectivity index (χ3n) is 3.28. The van der Waals surface area contributed by atoms with Gasteiger partial charge in [0, 0.05) is 0 Å². The summed E-state index contributed by atoms with van der Waals surface area (Å²) in [6.07, 6.45) is 13.1. The van der Waals surface area contributed by atoms with Crippen LogP contribution in [0.2, 0.25) is 0 Å². The fourth-order valence-electron chi connectivity index (χ4n) is 2.19. The van der Waals surface area contributed by atoms with E-state index in [0.717, 1.165) is 11.3 Å². The van der Waals surface area contributed by atoms with Crippen molar-refractivity contribution in [1.82, 2.24) is 0 Å². The Morgan fingerprint density at radius 3 is 1.47 bits per heavy atom. The van der Waals surface area contributed by atoms with Crippen molar-refractivity contribution in [1.29, 1.82) is 0 Å². The van der Waals surface area contributed by atoms with Crippen molar-refractivity contribution in [2.45, 2.75) is 84.0 Å². The number of rotatable bonds is 12. The van der Waals surface area contributed by atoms with Crippen molar-refractivity contribution >= 4 is 17.2 Å². The number of unbranched alkanes of at least 4 members (excludes halogenated alkanes) is 2. The van der Waals surface area contributed by atoms with E-state index in [0.29, 0.717) is 0 Å². The highest BCUT2D eigenvalue weighted by Crippen LogP contribution is 2.26. The van der Waals surface area contributed by atoms with Gasteiger partial charge in [-0.15, -0.1) is 17.2 Å². The Balaban J connectivity index is 3.13. The van der Waals surface area contributed by atoms with E-state index >= 15 is 0 Å². The summed E-state index contributed by atoms with van der Waals surface area (Å²) in [6, 6.07) is 0. The molecule has 0 spiro atoms. The van der Waals surface area contributed by atoms with Gasteiger partial charge < -0.3 is 0 Å². The van der Waals surface area contributed by atoms with Crippen molar-refractivity contribution in [3.8, 4) is 0 Å². The maximum atomic E-state index is 2.43. The van der Waals surface area contributed by atoms with Crippen molar-refractivity contribution in [3.05, 3.63) is 0 Å². The standard InChI is InChI=1S/C15H34P2/c1-5-10-14(3)16-12-8-7-9-13-17-15(4)11-6-2/h14-17H,5-13H2,1-4H3. The van der Waals surface area contributed by atoms with Crippen molar-refractivity contribution in [2.75, 3.05) is 12.3 Å². The zero-order valence-electron chi connectivity index (χ0n) is 12.5. The van der Waals surface area contributed by atoms with Crippen LogP contribution in [0.5, 0.6) is 0 Å². The predicted octanol–water partition coefficient (Wildman–Crippen LogP) is 5.89. The van der Waals surface area contributed by atoms with Gasteiger partial charge in [-0.2, -0.15) is 0 Å². The Kier molecular flexibility index (Phi) is 14.0. The van der Waals surface area contributed by atoms with Gasteiger partial charge in [0.25, 0.3) is 0 Å². The first-order chi connectivity index (χ1) is 8.20. The minimum atomic E-state index is 0.992. The lowest BCUT2D eigenvalue weighted by atomic mass is 10.3. The summed E-state index contributed by atoms with van der Waals surface area (Å²) in [5, 5.41) is 0. The zero-order valence-corrected chi connectivity index (χ0v) is 14.5. The molecule has 0 aromatic rings. The summed E-state index contributed by atoms with van der Waals surface area (Å²) in [5.74, 6) is 0. The highest BCUT2D eigenvalue weighted by atomic mass is 31.1. The summed E-state index contributed by atoms with van der Waals surface area (Å²) >= 11 is 0. The van der Waals surface area contributed by atoms with Gasteiger partial charge in [-0.1, -0.05) is 47.0 Å². The van der Waals surface area contributed by atoms with Crippen LogP contribution in [-0.4, -0.2) is 23.6 Å². The largest absolute Gasteiger partial charge is 0.119 e. The molecule has 0 aromatic heterocycles. The Labute approximate surface area is 114 Å². The molecule has 2 heteroatoms. The lowest BCUT2D eigenvalue weighted by molar-refractivity contribution is 0.754. The fraction of sp³-hybridized carbons (Fsp3) is 1.00. The molecule has 0 heterocycles. The van der Waals surface area contributed by atoms with Crippen LogP contribution in [0.15, 0.2) is 0 Å². The molecule has 0 aliphatic rings. The van der Waals surface area contributed by atoms with Crippen LogP contribution >= 0.6 is 17.2 Å². The average molecular weight is 276 g/mol. The Morgan fingerprint density at radius 1 is 0.706 bits per heavy atom. The molecule has 0 saturated carbocycles. The molecule has 4 atom stereocenters. The van der Waals surface area contributed by atoms with Gasteiger partial charge in [0.1, 0.15) is 0 Å². The van der Waals surface area contributed by atoms with E-state index in [1.807, 2.05) is 0 Å². The van der Waals surface area contributed by atoms with Crippen molar-refractivity contribution in [2.24, 2.45) is 0 Å². The minimum absolute atomic E-state index is 0.992. The van der Waals surface area contributed by atoms with Crippen LogP contribution in [0.3, 0.4) is 0 Å². The molecule has 0 aliphatic carbocycles. The van der Waals surface area contributed by atoms with Crippen LogP contribution in [0.1, 0.15) is 72.6 Å². The van der Waals surface area contributed by atoms with Crippen molar-refractivity contribution in [3.63, 3.8) is 0 Å². The van der Waals surface area contributed by atoms with E-state index in [1.165, 1.54) is 74.4 Å².